The van der Waals surface area contributed by atoms with Gasteiger partial charge in [0.25, 0.3) is 5.91 Å². The number of nitriles is 1. The molecule has 106 valence electrons. The van der Waals surface area contributed by atoms with Crippen LogP contribution in [-0.2, 0) is 6.61 Å². The molecule has 0 unspecified atom stereocenters. The van der Waals surface area contributed by atoms with Gasteiger partial charge in [-0.1, -0.05) is 12.1 Å². The molecular weight excluding hydrogens is 264 g/mol. The van der Waals surface area contributed by atoms with Gasteiger partial charge in [-0.25, -0.2) is 0 Å². The summed E-state index contributed by atoms with van der Waals surface area (Å²) >= 11 is 0. The molecule has 0 fully saturated rings. The Morgan fingerprint density at radius 1 is 1.10 bits per heavy atom. The van der Waals surface area contributed by atoms with Crippen molar-refractivity contribution in [2.24, 2.45) is 0 Å². The van der Waals surface area contributed by atoms with Crippen LogP contribution in [0.3, 0.4) is 0 Å². The fourth-order valence-corrected chi connectivity index (χ4v) is 1.79. The second-order valence-corrected chi connectivity index (χ2v) is 4.82. The average Bonchev–Trinajstić information content (AvgIpc) is 2.53. The normalized spacial score (nSPS) is 9.76. The van der Waals surface area contributed by atoms with E-state index in [0.29, 0.717) is 23.5 Å². The van der Waals surface area contributed by atoms with Crippen LogP contribution in [0.4, 0.5) is 0 Å². The molecule has 2 rings (SSSR count). The van der Waals surface area contributed by atoms with Gasteiger partial charge in [0.2, 0.25) is 0 Å². The Morgan fingerprint density at radius 3 is 2.24 bits per heavy atom. The predicted octanol–water partition coefficient (Wildman–Crippen LogP) is 2.84. The number of benzene rings is 2. The monoisotopic (exact) mass is 280 g/mol. The van der Waals surface area contributed by atoms with Crippen LogP contribution in [0.5, 0.6) is 5.75 Å². The predicted molar refractivity (Wildman–Crippen MR) is 79.9 cm³/mol. The quantitative estimate of drug-likeness (QED) is 0.865. The smallest absolute Gasteiger partial charge is 0.253 e. The lowest BCUT2D eigenvalue weighted by molar-refractivity contribution is 0.0827. The van der Waals surface area contributed by atoms with Gasteiger partial charge in [-0.3, -0.25) is 4.79 Å². The van der Waals surface area contributed by atoms with E-state index in [0.717, 1.165) is 5.56 Å². The second kappa shape index (κ2) is 6.58. The molecule has 1 amide bonds. The number of hydrogen-bond donors (Lipinski definition) is 0. The van der Waals surface area contributed by atoms with Crippen molar-refractivity contribution in [3.63, 3.8) is 0 Å². The van der Waals surface area contributed by atoms with Crippen molar-refractivity contribution in [1.82, 2.24) is 4.90 Å². The van der Waals surface area contributed by atoms with Gasteiger partial charge in [-0.2, -0.15) is 5.26 Å². The van der Waals surface area contributed by atoms with Gasteiger partial charge >= 0.3 is 0 Å². The Morgan fingerprint density at radius 2 is 1.71 bits per heavy atom. The molecule has 0 saturated heterocycles. The zero-order chi connectivity index (χ0) is 15.2. The maximum Gasteiger partial charge on any atom is 0.253 e. The van der Waals surface area contributed by atoms with Crippen LogP contribution in [-0.4, -0.2) is 24.9 Å². The summed E-state index contributed by atoms with van der Waals surface area (Å²) in [6, 6.07) is 16.4. The lowest BCUT2D eigenvalue weighted by Gasteiger charge is -2.11. The van der Waals surface area contributed by atoms with Crippen LogP contribution in [0.2, 0.25) is 0 Å². The lowest BCUT2D eigenvalue weighted by Crippen LogP contribution is -2.21. The van der Waals surface area contributed by atoms with E-state index in [-0.39, 0.29) is 5.91 Å². The summed E-state index contributed by atoms with van der Waals surface area (Å²) in [6.45, 7) is 0.419. The highest BCUT2D eigenvalue weighted by Gasteiger charge is 2.07. The van der Waals surface area contributed by atoms with Gasteiger partial charge in [-0.05, 0) is 42.0 Å². The summed E-state index contributed by atoms with van der Waals surface area (Å²) in [7, 11) is 3.45. The fraction of sp³-hybridized carbons (Fsp3) is 0.176. The van der Waals surface area contributed by atoms with Gasteiger partial charge in [-0.15, -0.1) is 0 Å². The summed E-state index contributed by atoms with van der Waals surface area (Å²) in [4.78, 5) is 13.3. The molecule has 4 nitrogen and oxygen atoms in total. The van der Waals surface area contributed by atoms with Gasteiger partial charge < -0.3 is 9.64 Å². The first-order valence-corrected chi connectivity index (χ1v) is 6.53. The first-order valence-electron chi connectivity index (χ1n) is 6.53. The van der Waals surface area contributed by atoms with E-state index in [2.05, 4.69) is 6.07 Å². The van der Waals surface area contributed by atoms with Crippen molar-refractivity contribution in [3.05, 3.63) is 65.2 Å². The zero-order valence-electron chi connectivity index (χ0n) is 12.0. The standard InChI is InChI=1S/C17H16N2O2/c1-19(2)17(20)15-7-3-14(4-8-15)12-21-16-9-5-13(11-18)6-10-16/h3-10H,12H2,1-2H3. The second-order valence-electron chi connectivity index (χ2n) is 4.82. The molecule has 4 heteroatoms. The van der Waals surface area contributed by atoms with E-state index in [9.17, 15) is 4.79 Å². The Bertz CT molecular complexity index is 653. The number of amides is 1. The van der Waals surface area contributed by atoms with Crippen molar-refractivity contribution in [3.8, 4) is 11.8 Å². The summed E-state index contributed by atoms with van der Waals surface area (Å²) in [5.74, 6) is 0.692. The minimum absolute atomic E-state index is 0.0189. The largest absolute Gasteiger partial charge is 0.489 e. The van der Waals surface area contributed by atoms with Gasteiger partial charge in [0.15, 0.2) is 0 Å². The highest BCUT2D eigenvalue weighted by molar-refractivity contribution is 5.93. The van der Waals surface area contributed by atoms with Crippen LogP contribution in [0.15, 0.2) is 48.5 Å². The third-order valence-corrected chi connectivity index (χ3v) is 3.00. The minimum Gasteiger partial charge on any atom is -0.489 e. The molecule has 0 heterocycles. The minimum atomic E-state index is -0.0189. The first kappa shape index (κ1) is 14.6. The van der Waals surface area contributed by atoms with E-state index < -0.39 is 0 Å². The third-order valence-electron chi connectivity index (χ3n) is 3.00. The van der Waals surface area contributed by atoms with Crippen molar-refractivity contribution in [1.29, 1.82) is 5.26 Å². The number of rotatable bonds is 4. The van der Waals surface area contributed by atoms with Crippen molar-refractivity contribution in [2.75, 3.05) is 14.1 Å². The van der Waals surface area contributed by atoms with E-state index in [4.69, 9.17) is 10.00 Å². The summed E-state index contributed by atoms with van der Waals surface area (Å²) < 4.78 is 5.63. The molecule has 0 aliphatic rings. The number of ether oxygens (including phenoxy) is 1. The number of carbonyl (C=O) groups excluding carboxylic acids is 1. The number of hydrogen-bond acceptors (Lipinski definition) is 3. The number of carbonyl (C=O) groups is 1. The zero-order valence-corrected chi connectivity index (χ0v) is 12.0. The van der Waals surface area contributed by atoms with Crippen LogP contribution in [0.1, 0.15) is 21.5 Å². The van der Waals surface area contributed by atoms with E-state index in [1.807, 2.05) is 12.1 Å². The van der Waals surface area contributed by atoms with Crippen molar-refractivity contribution >= 4 is 5.91 Å². The van der Waals surface area contributed by atoms with Crippen LogP contribution < -0.4 is 4.74 Å². The molecule has 0 aliphatic carbocycles. The molecule has 0 bridgehead atoms. The average molecular weight is 280 g/mol. The fourth-order valence-electron chi connectivity index (χ4n) is 1.79. The van der Waals surface area contributed by atoms with Gasteiger partial charge in [0, 0.05) is 19.7 Å². The molecule has 0 saturated carbocycles. The summed E-state index contributed by atoms with van der Waals surface area (Å²) in [5, 5.41) is 8.72. The Hall–Kier alpha value is -2.80. The van der Waals surface area contributed by atoms with Crippen LogP contribution >= 0.6 is 0 Å². The van der Waals surface area contributed by atoms with Gasteiger partial charge in [0.1, 0.15) is 12.4 Å². The first-order chi connectivity index (χ1) is 10.1. The highest BCUT2D eigenvalue weighted by Crippen LogP contribution is 2.14. The molecule has 0 atom stereocenters. The van der Waals surface area contributed by atoms with Gasteiger partial charge in [0.05, 0.1) is 11.6 Å². The third kappa shape index (κ3) is 3.83. The molecular formula is C17H16N2O2. The highest BCUT2D eigenvalue weighted by atomic mass is 16.5. The SMILES string of the molecule is CN(C)C(=O)c1ccc(COc2ccc(C#N)cc2)cc1. The molecule has 2 aromatic rings. The Kier molecular flexibility index (Phi) is 4.57. The maximum atomic E-state index is 11.8. The lowest BCUT2D eigenvalue weighted by atomic mass is 10.1. The Labute approximate surface area is 124 Å². The summed E-state index contributed by atoms with van der Waals surface area (Å²) in [6.07, 6.45) is 0. The molecule has 0 N–H and O–H groups in total. The Balaban J connectivity index is 1.97. The van der Waals surface area contributed by atoms with Crippen molar-refractivity contribution < 1.29 is 9.53 Å². The topological polar surface area (TPSA) is 53.3 Å². The molecule has 0 radical (unpaired) electrons. The van der Waals surface area contributed by atoms with Crippen LogP contribution in [0.25, 0.3) is 0 Å². The van der Waals surface area contributed by atoms with E-state index >= 15 is 0 Å². The number of nitrogens with zero attached hydrogens (tertiary/aromatic N) is 2. The van der Waals surface area contributed by atoms with Crippen molar-refractivity contribution in [2.45, 2.75) is 6.61 Å². The van der Waals surface area contributed by atoms with E-state index in [1.54, 1.807) is 55.4 Å². The van der Waals surface area contributed by atoms with E-state index in [1.165, 1.54) is 0 Å². The molecule has 0 spiro atoms. The van der Waals surface area contributed by atoms with Crippen LogP contribution in [0, 0.1) is 11.3 Å². The molecule has 0 aliphatic heterocycles. The maximum absolute atomic E-state index is 11.8. The molecule has 2 aromatic carbocycles. The molecule has 0 aromatic heterocycles. The molecule has 21 heavy (non-hydrogen) atoms. The summed E-state index contributed by atoms with van der Waals surface area (Å²) in [5.41, 5.74) is 2.24.